The quantitative estimate of drug-likeness (QED) is 0.697. The van der Waals surface area contributed by atoms with Crippen molar-refractivity contribution in [2.24, 2.45) is 11.7 Å². The molecule has 0 aromatic heterocycles. The second-order valence-corrected chi connectivity index (χ2v) is 8.75. The van der Waals surface area contributed by atoms with Gasteiger partial charge in [-0.3, -0.25) is 9.69 Å². The number of ether oxygens (including phenoxy) is 2. The molecule has 7 nitrogen and oxygen atoms in total. The molecule has 0 spiro atoms. The van der Waals surface area contributed by atoms with Crippen LogP contribution in [0, 0.1) is 28.9 Å². The first-order chi connectivity index (χ1) is 16.4. The number of piperidine rings is 1. The van der Waals surface area contributed by atoms with Gasteiger partial charge in [0.1, 0.15) is 23.4 Å². The number of hydrogen-bond acceptors (Lipinski definition) is 6. The van der Waals surface area contributed by atoms with Crippen molar-refractivity contribution in [3.05, 3.63) is 65.1 Å². The molecule has 2 aromatic rings. The fourth-order valence-corrected chi connectivity index (χ4v) is 4.54. The van der Waals surface area contributed by atoms with Gasteiger partial charge < -0.3 is 20.1 Å². The SMILES string of the molecule is N#Cc1ccc(N2CCC(Oc3ccc(F)cc3F)CC2)c(N2COC(C3CC3)=C2C(N)=O)c1. The van der Waals surface area contributed by atoms with Crippen molar-refractivity contribution in [2.45, 2.75) is 31.8 Å². The number of carbonyl (C=O) groups excluding carboxylic acids is 1. The third-order valence-electron chi connectivity index (χ3n) is 6.40. The molecule has 5 rings (SSSR count). The van der Waals surface area contributed by atoms with E-state index in [-0.39, 0.29) is 24.5 Å². The summed E-state index contributed by atoms with van der Waals surface area (Å²) < 4.78 is 38.8. The minimum atomic E-state index is -0.719. The van der Waals surface area contributed by atoms with Crippen LogP contribution in [0.1, 0.15) is 31.2 Å². The smallest absolute Gasteiger partial charge is 0.268 e. The summed E-state index contributed by atoms with van der Waals surface area (Å²) in [6.45, 7) is 1.40. The van der Waals surface area contributed by atoms with Gasteiger partial charge in [0.25, 0.3) is 5.91 Å². The zero-order chi connectivity index (χ0) is 23.8. The number of rotatable bonds is 6. The van der Waals surface area contributed by atoms with Gasteiger partial charge in [-0.15, -0.1) is 0 Å². The van der Waals surface area contributed by atoms with E-state index in [0.29, 0.717) is 48.6 Å². The van der Waals surface area contributed by atoms with Crippen LogP contribution in [0.15, 0.2) is 47.9 Å². The van der Waals surface area contributed by atoms with Gasteiger partial charge in [0.15, 0.2) is 18.3 Å². The van der Waals surface area contributed by atoms with E-state index in [1.807, 2.05) is 6.07 Å². The molecule has 0 unspecified atom stereocenters. The van der Waals surface area contributed by atoms with E-state index in [4.69, 9.17) is 15.2 Å². The number of hydrogen-bond donors (Lipinski definition) is 1. The van der Waals surface area contributed by atoms with Crippen molar-refractivity contribution in [3.8, 4) is 11.8 Å². The van der Waals surface area contributed by atoms with Crippen molar-refractivity contribution in [3.63, 3.8) is 0 Å². The summed E-state index contributed by atoms with van der Waals surface area (Å²) in [5, 5.41) is 9.46. The molecule has 1 amide bonds. The number of nitriles is 1. The number of anilines is 2. The predicted octanol–water partition coefficient (Wildman–Crippen LogP) is 3.79. The average molecular weight is 466 g/mol. The number of benzene rings is 2. The Labute approximate surface area is 195 Å². The summed E-state index contributed by atoms with van der Waals surface area (Å²) in [5.74, 6) is -1.03. The molecule has 176 valence electrons. The van der Waals surface area contributed by atoms with Crippen LogP contribution in [0.25, 0.3) is 0 Å². The third-order valence-corrected chi connectivity index (χ3v) is 6.40. The highest BCUT2D eigenvalue weighted by molar-refractivity contribution is 5.98. The van der Waals surface area contributed by atoms with Gasteiger partial charge in [0, 0.05) is 37.9 Å². The van der Waals surface area contributed by atoms with E-state index >= 15 is 0 Å². The molecular weight excluding hydrogens is 442 g/mol. The van der Waals surface area contributed by atoms with Crippen LogP contribution in [0.3, 0.4) is 0 Å². The lowest BCUT2D eigenvalue weighted by atomic mass is 10.0. The van der Waals surface area contributed by atoms with E-state index in [2.05, 4.69) is 11.0 Å². The third kappa shape index (κ3) is 4.23. The van der Waals surface area contributed by atoms with Gasteiger partial charge in [-0.05, 0) is 43.2 Å². The molecule has 1 saturated heterocycles. The minimum absolute atomic E-state index is 0.0389. The first-order valence-corrected chi connectivity index (χ1v) is 11.3. The van der Waals surface area contributed by atoms with Crippen molar-refractivity contribution >= 4 is 17.3 Å². The second-order valence-electron chi connectivity index (χ2n) is 8.75. The molecule has 2 N–H and O–H groups in total. The molecule has 0 radical (unpaired) electrons. The van der Waals surface area contributed by atoms with E-state index in [9.17, 15) is 18.8 Å². The number of carbonyl (C=O) groups is 1. The Kier molecular flexibility index (Phi) is 5.74. The number of nitrogens with zero attached hydrogens (tertiary/aromatic N) is 3. The summed E-state index contributed by atoms with van der Waals surface area (Å²) in [6, 6.07) is 10.8. The van der Waals surface area contributed by atoms with Gasteiger partial charge in [-0.1, -0.05) is 0 Å². The van der Waals surface area contributed by atoms with Gasteiger partial charge in [-0.2, -0.15) is 5.26 Å². The van der Waals surface area contributed by atoms with E-state index in [1.165, 1.54) is 12.1 Å². The molecule has 34 heavy (non-hydrogen) atoms. The van der Waals surface area contributed by atoms with Crippen LogP contribution in [-0.2, 0) is 9.53 Å². The summed E-state index contributed by atoms with van der Waals surface area (Å²) >= 11 is 0. The van der Waals surface area contributed by atoms with Crippen molar-refractivity contribution in [2.75, 3.05) is 29.6 Å². The Morgan fingerprint density at radius 3 is 2.50 bits per heavy atom. The zero-order valence-corrected chi connectivity index (χ0v) is 18.5. The van der Waals surface area contributed by atoms with Gasteiger partial charge >= 0.3 is 0 Å². The monoisotopic (exact) mass is 466 g/mol. The minimum Gasteiger partial charge on any atom is -0.487 e. The van der Waals surface area contributed by atoms with Crippen LogP contribution in [0.5, 0.6) is 5.75 Å². The highest BCUT2D eigenvalue weighted by Gasteiger charge is 2.40. The predicted molar refractivity (Wildman–Crippen MR) is 121 cm³/mol. The number of primary amides is 1. The number of halogens is 2. The van der Waals surface area contributed by atoms with Crippen molar-refractivity contribution in [1.29, 1.82) is 5.26 Å². The van der Waals surface area contributed by atoms with Gasteiger partial charge in [-0.25, -0.2) is 8.78 Å². The summed E-state index contributed by atoms with van der Waals surface area (Å²) in [4.78, 5) is 16.2. The van der Waals surface area contributed by atoms with Gasteiger partial charge in [0.2, 0.25) is 0 Å². The van der Waals surface area contributed by atoms with E-state index in [1.54, 1.807) is 17.0 Å². The number of nitrogens with two attached hydrogens (primary N) is 1. The van der Waals surface area contributed by atoms with Crippen molar-refractivity contribution < 1.29 is 23.0 Å². The molecule has 3 aliphatic rings. The number of allylic oxidation sites excluding steroid dienone is 1. The van der Waals surface area contributed by atoms with Gasteiger partial charge in [0.05, 0.1) is 23.0 Å². The maximum absolute atomic E-state index is 14.0. The first-order valence-electron chi connectivity index (χ1n) is 11.3. The van der Waals surface area contributed by atoms with Crippen LogP contribution in [0.2, 0.25) is 0 Å². The molecule has 2 fully saturated rings. The Balaban J connectivity index is 1.37. The fourth-order valence-electron chi connectivity index (χ4n) is 4.54. The normalized spacial score (nSPS) is 18.6. The molecular formula is C25H24F2N4O3. The number of amides is 1. The second kappa shape index (κ2) is 8.86. The Morgan fingerprint density at radius 2 is 1.85 bits per heavy atom. The van der Waals surface area contributed by atoms with Crippen LogP contribution in [-0.4, -0.2) is 31.8 Å². The maximum Gasteiger partial charge on any atom is 0.268 e. The lowest BCUT2D eigenvalue weighted by molar-refractivity contribution is -0.114. The topological polar surface area (TPSA) is 91.8 Å². The molecule has 2 aromatic carbocycles. The van der Waals surface area contributed by atoms with Crippen LogP contribution >= 0.6 is 0 Å². The average Bonchev–Trinajstić information content (AvgIpc) is 3.58. The molecule has 2 heterocycles. The van der Waals surface area contributed by atoms with E-state index < -0.39 is 17.5 Å². The molecule has 1 aliphatic carbocycles. The highest BCUT2D eigenvalue weighted by atomic mass is 19.1. The largest absolute Gasteiger partial charge is 0.487 e. The molecule has 0 bridgehead atoms. The zero-order valence-electron chi connectivity index (χ0n) is 18.5. The summed E-state index contributed by atoms with van der Waals surface area (Å²) in [7, 11) is 0. The first kappa shape index (κ1) is 22.0. The molecule has 2 aliphatic heterocycles. The van der Waals surface area contributed by atoms with E-state index in [0.717, 1.165) is 24.6 Å². The Hall–Kier alpha value is -3.80. The molecule has 0 atom stereocenters. The lowest BCUT2D eigenvalue weighted by Gasteiger charge is -2.36. The van der Waals surface area contributed by atoms with Crippen LogP contribution in [0.4, 0.5) is 20.2 Å². The summed E-state index contributed by atoms with van der Waals surface area (Å²) in [6.07, 6.45) is 2.97. The Bertz CT molecular complexity index is 1200. The van der Waals surface area contributed by atoms with Crippen molar-refractivity contribution in [1.82, 2.24) is 0 Å². The van der Waals surface area contributed by atoms with Crippen LogP contribution < -0.4 is 20.3 Å². The molecule has 1 saturated carbocycles. The lowest BCUT2D eigenvalue weighted by Crippen LogP contribution is -2.39. The standard InChI is InChI=1S/C25H24F2N4O3/c26-17-4-6-22(19(27)12-17)34-18-7-9-30(10-8-18)20-5-1-15(13-28)11-21(20)31-14-33-24(16-2-3-16)23(31)25(29)32/h1,4-6,11-12,16,18H,2-3,7-10,14H2,(H2,29,32). The molecule has 9 heteroatoms. The summed E-state index contributed by atoms with van der Waals surface area (Å²) in [5.41, 5.74) is 8.08. The highest BCUT2D eigenvalue weighted by Crippen LogP contribution is 2.45. The Morgan fingerprint density at radius 1 is 1.09 bits per heavy atom. The fraction of sp³-hybridized carbons (Fsp3) is 0.360. The maximum atomic E-state index is 14.0.